The molecule has 2 aromatic rings. The van der Waals surface area contributed by atoms with Crippen molar-refractivity contribution < 1.29 is 23.9 Å². The fraction of sp³-hybridized carbons (Fsp3) is 0.407. The van der Waals surface area contributed by atoms with Gasteiger partial charge in [0, 0.05) is 18.7 Å². The number of rotatable bonds is 4. The first kappa shape index (κ1) is 22.3. The Hall–Kier alpha value is -3.48. The summed E-state index contributed by atoms with van der Waals surface area (Å²) in [5, 5.41) is 0. The van der Waals surface area contributed by atoms with Gasteiger partial charge in [0.2, 0.25) is 17.7 Å². The third-order valence-electron chi connectivity index (χ3n) is 7.27. The molecule has 3 atom stereocenters. The molecule has 3 aliphatic rings. The Labute approximate surface area is 198 Å². The average Bonchev–Trinajstić information content (AvgIpc) is 3.34. The first-order chi connectivity index (χ1) is 16.3. The van der Waals surface area contributed by atoms with Gasteiger partial charge in [0.1, 0.15) is 5.75 Å². The maximum atomic E-state index is 12.8. The van der Waals surface area contributed by atoms with Crippen LogP contribution in [0.25, 0.3) is 0 Å². The number of carbonyl (C=O) groups is 4. The molecule has 7 heteroatoms. The van der Waals surface area contributed by atoms with E-state index in [0.29, 0.717) is 11.4 Å². The molecule has 1 aliphatic carbocycles. The van der Waals surface area contributed by atoms with Gasteiger partial charge in [-0.1, -0.05) is 25.0 Å². The van der Waals surface area contributed by atoms with Crippen LogP contribution in [0.2, 0.25) is 0 Å². The smallest absolute Gasteiger partial charge is 0.316 e. The summed E-state index contributed by atoms with van der Waals surface area (Å²) in [4.78, 5) is 53.9. The predicted octanol–water partition coefficient (Wildman–Crippen LogP) is 3.94. The minimum Gasteiger partial charge on any atom is -0.426 e. The maximum Gasteiger partial charge on any atom is 0.316 e. The third-order valence-corrected chi connectivity index (χ3v) is 7.27. The van der Waals surface area contributed by atoms with Crippen LogP contribution in [0.5, 0.6) is 5.75 Å². The van der Waals surface area contributed by atoms with Gasteiger partial charge in [-0.15, -0.1) is 0 Å². The number of anilines is 2. The minimum atomic E-state index is -0.558. The minimum absolute atomic E-state index is 0.0986. The molecule has 7 nitrogen and oxygen atoms in total. The summed E-state index contributed by atoms with van der Waals surface area (Å²) in [5.74, 6) is -1.48. The standard InChI is InChI=1S/C27H28N2O5/c1-16-7-8-17(2)23(13-16)28-15-18(14-24(28)30)27(33)34-20-11-9-19(10-12-20)29-25(31)21-5-3-4-6-22(21)26(29)32/h7-13,18,21-22H,3-6,14-15H2,1-2H3/t18-,21-,22+/m1/s1. The lowest BCUT2D eigenvalue weighted by atomic mass is 9.81. The van der Waals surface area contributed by atoms with Gasteiger partial charge < -0.3 is 9.64 Å². The van der Waals surface area contributed by atoms with Crippen molar-refractivity contribution in [1.29, 1.82) is 0 Å². The number of hydrogen-bond donors (Lipinski definition) is 0. The van der Waals surface area contributed by atoms with Crippen molar-refractivity contribution >= 4 is 35.1 Å². The number of ether oxygens (including phenoxy) is 1. The SMILES string of the molecule is Cc1ccc(C)c(N2C[C@H](C(=O)Oc3ccc(N4C(=O)[C@H]5CCCC[C@H]5C4=O)cc3)CC2=O)c1. The zero-order chi connectivity index (χ0) is 24.0. The van der Waals surface area contributed by atoms with E-state index in [0.717, 1.165) is 42.5 Å². The van der Waals surface area contributed by atoms with E-state index >= 15 is 0 Å². The van der Waals surface area contributed by atoms with Crippen LogP contribution >= 0.6 is 0 Å². The second-order valence-corrected chi connectivity index (χ2v) is 9.62. The zero-order valence-electron chi connectivity index (χ0n) is 19.5. The van der Waals surface area contributed by atoms with Crippen molar-refractivity contribution in [3.63, 3.8) is 0 Å². The van der Waals surface area contributed by atoms with E-state index < -0.39 is 11.9 Å². The summed E-state index contributed by atoms with van der Waals surface area (Å²) < 4.78 is 5.54. The lowest BCUT2D eigenvalue weighted by molar-refractivity contribution is -0.139. The van der Waals surface area contributed by atoms with Gasteiger partial charge in [0.25, 0.3) is 0 Å². The van der Waals surface area contributed by atoms with Crippen LogP contribution in [0.3, 0.4) is 0 Å². The number of carbonyl (C=O) groups excluding carboxylic acids is 4. The number of benzene rings is 2. The van der Waals surface area contributed by atoms with Crippen LogP contribution < -0.4 is 14.5 Å². The number of hydrogen-bond acceptors (Lipinski definition) is 5. The van der Waals surface area contributed by atoms with E-state index in [2.05, 4.69) is 0 Å². The molecule has 0 aromatic heterocycles. The zero-order valence-corrected chi connectivity index (χ0v) is 19.5. The number of nitrogens with zero attached hydrogens (tertiary/aromatic N) is 2. The van der Waals surface area contributed by atoms with Gasteiger partial charge in [-0.05, 0) is 68.1 Å². The molecule has 2 aliphatic heterocycles. The number of amides is 3. The third kappa shape index (κ3) is 3.89. The fourth-order valence-corrected chi connectivity index (χ4v) is 5.39. The molecule has 2 aromatic carbocycles. The lowest BCUT2D eigenvalue weighted by Gasteiger charge is -2.19. The van der Waals surface area contributed by atoms with Gasteiger partial charge in [-0.2, -0.15) is 0 Å². The normalized spacial score (nSPS) is 24.5. The molecule has 176 valence electrons. The molecule has 0 bridgehead atoms. The summed E-state index contributed by atoms with van der Waals surface area (Å²) in [6, 6.07) is 12.4. The second-order valence-electron chi connectivity index (χ2n) is 9.62. The Morgan fingerprint density at radius 1 is 0.912 bits per heavy atom. The molecule has 2 saturated heterocycles. The first-order valence-electron chi connectivity index (χ1n) is 11.9. The quantitative estimate of drug-likeness (QED) is 0.392. The van der Waals surface area contributed by atoms with Crippen LogP contribution in [0.15, 0.2) is 42.5 Å². The summed E-state index contributed by atoms with van der Waals surface area (Å²) in [5.41, 5.74) is 3.36. The Balaban J connectivity index is 1.25. The van der Waals surface area contributed by atoms with Crippen molar-refractivity contribution in [2.45, 2.75) is 46.0 Å². The van der Waals surface area contributed by atoms with Gasteiger partial charge in [0.05, 0.1) is 23.4 Å². The number of fused-ring (bicyclic) bond motifs is 1. The van der Waals surface area contributed by atoms with E-state index in [1.54, 1.807) is 29.2 Å². The van der Waals surface area contributed by atoms with Gasteiger partial charge in [0.15, 0.2) is 0 Å². The maximum absolute atomic E-state index is 12.8. The monoisotopic (exact) mass is 460 g/mol. The molecular weight excluding hydrogens is 432 g/mol. The van der Waals surface area contributed by atoms with E-state index in [1.165, 1.54) is 4.90 Å². The van der Waals surface area contributed by atoms with E-state index in [1.807, 2.05) is 32.0 Å². The topological polar surface area (TPSA) is 84.0 Å². The number of aryl methyl sites for hydroxylation is 2. The van der Waals surface area contributed by atoms with Gasteiger partial charge in [-0.3, -0.25) is 24.1 Å². The van der Waals surface area contributed by atoms with Gasteiger partial charge >= 0.3 is 5.97 Å². The summed E-state index contributed by atoms with van der Waals surface area (Å²) >= 11 is 0. The number of imide groups is 1. The first-order valence-corrected chi connectivity index (χ1v) is 11.9. The molecule has 2 heterocycles. The molecule has 0 radical (unpaired) electrons. The summed E-state index contributed by atoms with van der Waals surface area (Å²) in [6.45, 7) is 4.19. The largest absolute Gasteiger partial charge is 0.426 e. The van der Waals surface area contributed by atoms with Crippen LogP contribution in [-0.4, -0.2) is 30.2 Å². The Kier molecular flexibility index (Phi) is 5.71. The summed E-state index contributed by atoms with van der Waals surface area (Å²) in [6.07, 6.45) is 3.59. The van der Waals surface area contributed by atoms with Crippen molar-refractivity contribution in [1.82, 2.24) is 0 Å². The highest BCUT2D eigenvalue weighted by molar-refractivity contribution is 6.22. The van der Waals surface area contributed by atoms with Crippen LogP contribution in [-0.2, 0) is 19.2 Å². The molecule has 0 N–H and O–H groups in total. The van der Waals surface area contributed by atoms with Crippen molar-refractivity contribution in [3.05, 3.63) is 53.6 Å². The highest BCUT2D eigenvalue weighted by Gasteiger charge is 2.48. The fourth-order valence-electron chi connectivity index (χ4n) is 5.39. The second kappa shape index (κ2) is 8.70. The van der Waals surface area contributed by atoms with Crippen molar-refractivity contribution in [2.75, 3.05) is 16.3 Å². The Bertz CT molecular complexity index is 1150. The average molecular weight is 461 g/mol. The highest BCUT2D eigenvalue weighted by atomic mass is 16.5. The lowest BCUT2D eigenvalue weighted by Crippen LogP contribution is -2.30. The molecule has 34 heavy (non-hydrogen) atoms. The Morgan fingerprint density at radius 3 is 2.21 bits per heavy atom. The van der Waals surface area contributed by atoms with Crippen molar-refractivity contribution in [3.8, 4) is 5.75 Å². The molecule has 3 amide bonds. The molecule has 0 unspecified atom stereocenters. The molecular formula is C27H28N2O5. The molecule has 0 spiro atoms. The van der Waals surface area contributed by atoms with E-state index in [9.17, 15) is 19.2 Å². The van der Waals surface area contributed by atoms with Crippen LogP contribution in [0.4, 0.5) is 11.4 Å². The number of esters is 1. The highest BCUT2D eigenvalue weighted by Crippen LogP contribution is 2.40. The Morgan fingerprint density at radius 2 is 1.56 bits per heavy atom. The van der Waals surface area contributed by atoms with Crippen molar-refractivity contribution in [2.24, 2.45) is 17.8 Å². The van der Waals surface area contributed by atoms with Gasteiger partial charge in [-0.25, -0.2) is 0 Å². The van der Waals surface area contributed by atoms with E-state index in [-0.39, 0.29) is 42.5 Å². The van der Waals surface area contributed by atoms with E-state index in [4.69, 9.17) is 4.74 Å². The molecule has 1 saturated carbocycles. The predicted molar refractivity (Wildman–Crippen MR) is 126 cm³/mol. The van der Waals surface area contributed by atoms with Crippen LogP contribution in [0, 0.1) is 31.6 Å². The van der Waals surface area contributed by atoms with Crippen LogP contribution in [0.1, 0.15) is 43.2 Å². The molecule has 3 fully saturated rings. The molecule has 5 rings (SSSR count). The summed E-state index contributed by atoms with van der Waals surface area (Å²) in [7, 11) is 0.